The summed E-state index contributed by atoms with van der Waals surface area (Å²) < 4.78 is 5.10. The number of methoxy groups -OCH3 is 1. The van der Waals surface area contributed by atoms with Crippen LogP contribution in [0.25, 0.3) is 61.8 Å². The number of hydrogen-bond acceptors (Lipinski definition) is 7. The Bertz CT molecular complexity index is 2110. The number of hydrogen-bond donors (Lipinski definition) is 2. The predicted octanol–water partition coefficient (Wildman–Crippen LogP) is 5.54. The number of aromatic nitrogens is 4. The first-order valence-electron chi connectivity index (χ1n) is 14.5. The van der Waals surface area contributed by atoms with Gasteiger partial charge in [-0.3, -0.25) is 0 Å². The fourth-order valence-corrected chi connectivity index (χ4v) is 6.47. The number of nitrogens with zero attached hydrogens (tertiary/aromatic N) is 3. The zero-order valence-electron chi connectivity index (χ0n) is 26.3. The maximum atomic E-state index is 13.2. The average molecular weight is 613 g/mol. The summed E-state index contributed by atoms with van der Waals surface area (Å²) in [7, 11) is 1.25. The summed E-state index contributed by atoms with van der Waals surface area (Å²) in [4.78, 5) is 43.1. The number of carboxylic acids is 1. The van der Waals surface area contributed by atoms with E-state index in [1.165, 1.54) is 7.11 Å². The number of aryl methyl sites for hydroxylation is 2. The van der Waals surface area contributed by atoms with Crippen LogP contribution < -0.4 is 10.1 Å². The van der Waals surface area contributed by atoms with Crippen LogP contribution in [0.4, 0.5) is 0 Å². The van der Waals surface area contributed by atoms with E-state index >= 15 is 0 Å². The van der Waals surface area contributed by atoms with Crippen LogP contribution in [0.15, 0.2) is 24.8 Å². The van der Waals surface area contributed by atoms with Crippen LogP contribution in [0.2, 0.25) is 0 Å². The van der Waals surface area contributed by atoms with Gasteiger partial charge >= 0.3 is 29.0 Å². The molecule has 5 heterocycles. The molecule has 45 heavy (non-hydrogen) atoms. The minimum absolute atomic E-state index is 0. The van der Waals surface area contributed by atoms with Crippen LogP contribution in [-0.2, 0) is 14.3 Å². The van der Waals surface area contributed by atoms with Gasteiger partial charge in [0, 0.05) is 22.6 Å². The number of carboxylic acid groups (broad SMARTS) is 1. The molecule has 0 fully saturated rings. The molecule has 2 N–H and O–H groups in total. The molecular weight excluding hydrogens is 581 g/mol. The normalized spacial score (nSPS) is 13.8. The van der Waals surface area contributed by atoms with Gasteiger partial charge in [0.25, 0.3) is 0 Å². The SMILES string of the molecule is C=Cc1c(C)c2cc3nc(c4c5[nH]c(cc6nc(cc1[n-]2)C(C)=C6CC)c(C)c5C(O)=C4C(=O)OC)C(CCC(=O)[O-])=C3C.[Mg+2]. The summed E-state index contributed by atoms with van der Waals surface area (Å²) in [5.41, 5.74) is 12.0. The molecule has 8 bridgehead atoms. The number of ether oxygens (including phenoxy) is 1. The molecule has 0 amide bonds. The fourth-order valence-electron chi connectivity index (χ4n) is 6.47. The summed E-state index contributed by atoms with van der Waals surface area (Å²) in [5, 5.41) is 23.1. The van der Waals surface area contributed by atoms with Gasteiger partial charge in [-0.15, -0.1) is 11.0 Å². The molecule has 0 aromatic carbocycles. The largest absolute Gasteiger partial charge is 2.00 e. The van der Waals surface area contributed by atoms with Crippen molar-refractivity contribution in [2.24, 2.45) is 0 Å². The summed E-state index contributed by atoms with van der Waals surface area (Å²) >= 11 is 0. The minimum Gasteiger partial charge on any atom is -0.657 e. The van der Waals surface area contributed by atoms with Gasteiger partial charge in [-0.1, -0.05) is 37.3 Å². The summed E-state index contributed by atoms with van der Waals surface area (Å²) in [6.07, 6.45) is 2.40. The van der Waals surface area contributed by atoms with Crippen molar-refractivity contribution in [3.05, 3.63) is 75.4 Å². The van der Waals surface area contributed by atoms with E-state index in [-0.39, 0.29) is 47.2 Å². The molecule has 1 aliphatic carbocycles. The van der Waals surface area contributed by atoms with Gasteiger partial charge in [-0.05, 0) is 86.4 Å². The number of aliphatic carboxylic acids is 1. The summed E-state index contributed by atoms with van der Waals surface area (Å²) in [6, 6.07) is 5.79. The third kappa shape index (κ3) is 4.92. The van der Waals surface area contributed by atoms with Crippen molar-refractivity contribution in [2.75, 3.05) is 7.11 Å². The smallest absolute Gasteiger partial charge is 0.657 e. The molecule has 0 saturated carbocycles. The number of carbonyl (C=O) groups is 2. The molecule has 0 unspecified atom stereocenters. The number of allylic oxidation sites excluding steroid dienone is 4. The Morgan fingerprint density at radius 1 is 1.00 bits per heavy atom. The Kier molecular flexibility index (Phi) is 8.41. The molecule has 3 aliphatic rings. The second-order valence-corrected chi connectivity index (χ2v) is 11.2. The quantitative estimate of drug-likeness (QED) is 0.273. The number of fused-ring (bicyclic) bond motifs is 8. The van der Waals surface area contributed by atoms with Gasteiger partial charge in [0.2, 0.25) is 0 Å². The van der Waals surface area contributed by atoms with E-state index in [9.17, 15) is 19.8 Å². The van der Waals surface area contributed by atoms with Crippen molar-refractivity contribution >= 4 is 96.8 Å². The number of nitrogens with one attached hydrogen (secondary N) is 1. The van der Waals surface area contributed by atoms with Crippen LogP contribution in [0.3, 0.4) is 0 Å². The van der Waals surface area contributed by atoms with Gasteiger partial charge in [0.15, 0.2) is 0 Å². The fraction of sp³-hybridized carbons (Fsp3) is 0.257. The number of carbonyl (C=O) groups excluding carboxylic acids is 2. The standard InChI is InChI=1S/C35H34N4O5.Mg/c1-8-19-15(3)22-12-24-17(5)21(10-11-28(40)41)32(38-24)30-31(35(43)44-7)34(42)29-18(6)25(39-33(29)30)14-27-20(9-2)16(4)23(37-27)13-26(19)36-22;/h8,12-14H,1,9-11H2,2-7H3,(H4,36,37,38,39,40,41,42,43);/q;+2/p-2. The van der Waals surface area contributed by atoms with Crippen molar-refractivity contribution in [1.82, 2.24) is 19.9 Å². The monoisotopic (exact) mass is 612 g/mol. The van der Waals surface area contributed by atoms with E-state index in [0.29, 0.717) is 39.1 Å². The van der Waals surface area contributed by atoms with Crippen molar-refractivity contribution in [2.45, 2.75) is 53.9 Å². The molecule has 10 heteroatoms. The molecular formula is C35H32MgN4O5. The molecule has 2 aliphatic heterocycles. The Morgan fingerprint density at radius 2 is 1.67 bits per heavy atom. The van der Waals surface area contributed by atoms with Gasteiger partial charge in [0.05, 0.1) is 35.4 Å². The van der Waals surface area contributed by atoms with E-state index in [1.54, 1.807) is 6.08 Å². The second kappa shape index (κ2) is 11.8. The second-order valence-electron chi connectivity index (χ2n) is 11.2. The first-order chi connectivity index (χ1) is 21.0. The van der Waals surface area contributed by atoms with E-state index < -0.39 is 11.9 Å². The van der Waals surface area contributed by atoms with Crippen LogP contribution in [0.1, 0.15) is 90.6 Å². The molecule has 9 nitrogen and oxygen atoms in total. The van der Waals surface area contributed by atoms with Crippen molar-refractivity contribution in [1.29, 1.82) is 0 Å². The van der Waals surface area contributed by atoms with E-state index in [1.807, 2.05) is 39.0 Å². The zero-order valence-corrected chi connectivity index (χ0v) is 27.7. The number of aliphatic hydroxyl groups is 1. The van der Waals surface area contributed by atoms with Gasteiger partial charge < -0.3 is 29.7 Å². The minimum atomic E-state index is -1.20. The van der Waals surface area contributed by atoms with Gasteiger partial charge in [0.1, 0.15) is 11.3 Å². The number of aromatic amines is 1. The van der Waals surface area contributed by atoms with Crippen LogP contribution in [0, 0.1) is 13.8 Å². The summed E-state index contributed by atoms with van der Waals surface area (Å²) in [6.45, 7) is 13.9. The van der Waals surface area contributed by atoms with Crippen LogP contribution >= 0.6 is 0 Å². The topological polar surface area (TPSA) is 142 Å². The van der Waals surface area contributed by atoms with Crippen LogP contribution in [0.5, 0.6) is 0 Å². The Labute approximate surface area is 276 Å². The molecule has 3 aromatic rings. The molecule has 3 aromatic heterocycles. The Balaban J connectivity index is 0.00000400. The molecule has 0 saturated heterocycles. The molecule has 6 rings (SSSR count). The number of H-pyrrole nitrogens is 1. The van der Waals surface area contributed by atoms with Gasteiger partial charge in [-0.25, -0.2) is 14.8 Å². The van der Waals surface area contributed by atoms with E-state index in [2.05, 4.69) is 25.4 Å². The third-order valence-electron chi connectivity index (χ3n) is 8.90. The van der Waals surface area contributed by atoms with Crippen molar-refractivity contribution in [3.63, 3.8) is 0 Å². The van der Waals surface area contributed by atoms with E-state index in [0.717, 1.165) is 62.3 Å². The first-order valence-corrected chi connectivity index (χ1v) is 14.5. The molecule has 0 atom stereocenters. The third-order valence-corrected chi connectivity index (χ3v) is 8.90. The predicted molar refractivity (Wildman–Crippen MR) is 176 cm³/mol. The number of esters is 1. The van der Waals surface area contributed by atoms with Gasteiger partial charge in [-0.2, -0.15) is 0 Å². The summed E-state index contributed by atoms with van der Waals surface area (Å²) in [5.74, 6) is -2.16. The van der Waals surface area contributed by atoms with Crippen molar-refractivity contribution < 1.29 is 24.5 Å². The Morgan fingerprint density at radius 3 is 2.31 bits per heavy atom. The first kappa shape index (κ1) is 32.0. The van der Waals surface area contributed by atoms with Crippen LogP contribution in [-0.4, -0.2) is 62.2 Å². The maximum Gasteiger partial charge on any atom is 2.00 e. The zero-order chi connectivity index (χ0) is 31.6. The maximum absolute atomic E-state index is 13.2. The van der Waals surface area contributed by atoms with Crippen molar-refractivity contribution in [3.8, 4) is 0 Å². The van der Waals surface area contributed by atoms with E-state index in [4.69, 9.17) is 19.7 Å². The number of rotatable bonds is 6. The molecule has 0 radical (unpaired) electrons. The molecule has 224 valence electrons. The molecule has 0 spiro atoms. The number of aliphatic hydroxyl groups excluding tert-OH is 1. The Hall–Kier alpha value is -4.41. The average Bonchev–Trinajstić information content (AvgIpc) is 3.72.